The van der Waals surface area contributed by atoms with E-state index in [9.17, 15) is 9.59 Å². The van der Waals surface area contributed by atoms with Gasteiger partial charge in [-0.25, -0.2) is 9.59 Å². The lowest BCUT2D eigenvalue weighted by molar-refractivity contribution is 0.0151. The summed E-state index contributed by atoms with van der Waals surface area (Å²) in [5.74, 6) is -0.782. The Morgan fingerprint density at radius 3 is 1.39 bits per heavy atom. The molecule has 2 aromatic carbocycles. The van der Waals surface area contributed by atoms with Gasteiger partial charge in [0.15, 0.2) is 0 Å². The summed E-state index contributed by atoms with van der Waals surface area (Å²) in [5.41, 5.74) is 2.96. The van der Waals surface area contributed by atoms with Gasteiger partial charge in [0.25, 0.3) is 0 Å². The van der Waals surface area contributed by atoms with Crippen LogP contribution in [0.15, 0.2) is 48.5 Å². The summed E-state index contributed by atoms with van der Waals surface area (Å²) in [7, 11) is 0. The molecule has 180 valence electrons. The molecule has 0 aromatic heterocycles. The molecule has 0 aliphatic heterocycles. The zero-order valence-corrected chi connectivity index (χ0v) is 19.7. The van der Waals surface area contributed by atoms with Gasteiger partial charge in [-0.15, -0.1) is 0 Å². The largest absolute Gasteiger partial charge is 0.460 e. The van der Waals surface area contributed by atoms with Crippen LogP contribution in [0.3, 0.4) is 0 Å². The average Bonchev–Trinajstić information content (AvgIpc) is 2.84. The third-order valence-corrected chi connectivity index (χ3v) is 4.88. The molecule has 0 aliphatic rings. The van der Waals surface area contributed by atoms with Crippen LogP contribution in [-0.2, 0) is 14.2 Å². The zero-order chi connectivity index (χ0) is 23.7. The molecular formula is C26H36N2O5. The van der Waals surface area contributed by atoms with Crippen LogP contribution in [-0.4, -0.2) is 51.5 Å². The van der Waals surface area contributed by atoms with E-state index in [1.807, 2.05) is 24.3 Å². The second-order valence-electron chi connectivity index (χ2n) is 7.60. The Bertz CT molecular complexity index is 752. The van der Waals surface area contributed by atoms with Gasteiger partial charge in [-0.05, 0) is 61.4 Å². The lowest BCUT2D eigenvalue weighted by Crippen LogP contribution is -2.15. The molecule has 2 rings (SSSR count). The van der Waals surface area contributed by atoms with Gasteiger partial charge in [0.05, 0.1) is 24.3 Å². The lowest BCUT2D eigenvalue weighted by Gasteiger charge is -2.09. The molecule has 33 heavy (non-hydrogen) atoms. The van der Waals surface area contributed by atoms with Gasteiger partial charge < -0.3 is 24.8 Å². The van der Waals surface area contributed by atoms with E-state index < -0.39 is 11.9 Å². The van der Waals surface area contributed by atoms with Crippen molar-refractivity contribution < 1.29 is 23.8 Å². The van der Waals surface area contributed by atoms with Crippen LogP contribution in [0.5, 0.6) is 0 Å². The van der Waals surface area contributed by atoms with Gasteiger partial charge in [0.1, 0.15) is 13.2 Å². The highest BCUT2D eigenvalue weighted by Crippen LogP contribution is 2.12. The summed E-state index contributed by atoms with van der Waals surface area (Å²) in [5, 5.41) is 6.61. The van der Waals surface area contributed by atoms with E-state index in [2.05, 4.69) is 24.5 Å². The highest BCUT2D eigenvalue weighted by atomic mass is 16.6. The third-order valence-electron chi connectivity index (χ3n) is 4.88. The normalized spacial score (nSPS) is 10.5. The molecule has 0 unspecified atom stereocenters. The van der Waals surface area contributed by atoms with E-state index in [0.717, 1.165) is 50.1 Å². The van der Waals surface area contributed by atoms with Crippen LogP contribution < -0.4 is 10.6 Å². The number of ether oxygens (including phenoxy) is 3. The molecule has 2 N–H and O–H groups in total. The van der Waals surface area contributed by atoms with Gasteiger partial charge in [-0.2, -0.15) is 0 Å². The summed E-state index contributed by atoms with van der Waals surface area (Å²) in [6.45, 7) is 6.85. The molecule has 2 aromatic rings. The van der Waals surface area contributed by atoms with E-state index in [4.69, 9.17) is 14.2 Å². The Hall–Kier alpha value is -3.06. The highest BCUT2D eigenvalue weighted by molar-refractivity contribution is 5.90. The summed E-state index contributed by atoms with van der Waals surface area (Å²) in [6.07, 6.45) is 4.47. The Morgan fingerprint density at radius 2 is 1.03 bits per heavy atom. The van der Waals surface area contributed by atoms with Crippen molar-refractivity contribution in [2.24, 2.45) is 0 Å². The Labute approximate surface area is 196 Å². The number of carbonyl (C=O) groups is 2. The first kappa shape index (κ1) is 26.2. The number of benzene rings is 2. The van der Waals surface area contributed by atoms with Crippen LogP contribution in [0.25, 0.3) is 0 Å². The zero-order valence-electron chi connectivity index (χ0n) is 19.7. The second-order valence-corrected chi connectivity index (χ2v) is 7.60. The van der Waals surface area contributed by atoms with Crippen molar-refractivity contribution in [1.29, 1.82) is 0 Å². The minimum Gasteiger partial charge on any atom is -0.460 e. The van der Waals surface area contributed by atoms with E-state index in [-0.39, 0.29) is 26.4 Å². The Morgan fingerprint density at radius 1 is 0.636 bits per heavy atom. The van der Waals surface area contributed by atoms with E-state index in [1.165, 1.54) is 0 Å². The molecule has 0 aliphatic carbocycles. The number of nitrogens with one attached hydrogen (secondary N) is 2. The van der Waals surface area contributed by atoms with Crippen LogP contribution in [0, 0.1) is 0 Å². The molecule has 0 saturated heterocycles. The molecule has 0 bridgehead atoms. The van der Waals surface area contributed by atoms with Gasteiger partial charge in [-0.3, -0.25) is 0 Å². The van der Waals surface area contributed by atoms with E-state index in [1.54, 1.807) is 24.3 Å². The molecule has 0 fully saturated rings. The minimum absolute atomic E-state index is 0.135. The molecule has 0 radical (unpaired) electrons. The first-order valence-electron chi connectivity index (χ1n) is 11.7. The van der Waals surface area contributed by atoms with Crippen LogP contribution >= 0.6 is 0 Å². The fraction of sp³-hybridized carbons (Fsp3) is 0.462. The maximum absolute atomic E-state index is 12.1. The van der Waals surface area contributed by atoms with Gasteiger partial charge >= 0.3 is 11.9 Å². The Balaban J connectivity index is 1.55. The molecule has 0 spiro atoms. The predicted octanol–water partition coefficient (Wildman–Crippen LogP) is 5.14. The first-order valence-corrected chi connectivity index (χ1v) is 11.7. The van der Waals surface area contributed by atoms with Gasteiger partial charge in [0.2, 0.25) is 0 Å². The topological polar surface area (TPSA) is 85.9 Å². The maximum atomic E-state index is 12.1. The Kier molecular flexibility index (Phi) is 12.5. The van der Waals surface area contributed by atoms with Crippen molar-refractivity contribution in [1.82, 2.24) is 0 Å². The van der Waals surface area contributed by atoms with Gasteiger partial charge in [-0.1, -0.05) is 26.7 Å². The molecule has 0 amide bonds. The number of hydrogen-bond donors (Lipinski definition) is 2. The number of carbonyl (C=O) groups excluding carboxylic acids is 2. The van der Waals surface area contributed by atoms with Crippen molar-refractivity contribution in [2.75, 3.05) is 50.2 Å². The fourth-order valence-corrected chi connectivity index (χ4v) is 2.92. The van der Waals surface area contributed by atoms with Crippen molar-refractivity contribution in [3.63, 3.8) is 0 Å². The summed E-state index contributed by atoms with van der Waals surface area (Å²) >= 11 is 0. The molecule has 7 nitrogen and oxygen atoms in total. The molecule has 0 saturated carbocycles. The quantitative estimate of drug-likeness (QED) is 0.267. The number of unbranched alkanes of at least 4 members (excludes halogenated alkanes) is 2. The number of rotatable bonds is 16. The minimum atomic E-state index is -0.391. The van der Waals surface area contributed by atoms with Crippen LogP contribution in [0.2, 0.25) is 0 Å². The number of anilines is 2. The van der Waals surface area contributed by atoms with Crippen LogP contribution in [0.4, 0.5) is 11.4 Å². The van der Waals surface area contributed by atoms with E-state index in [0.29, 0.717) is 11.1 Å². The monoisotopic (exact) mass is 456 g/mol. The number of esters is 2. The van der Waals surface area contributed by atoms with Crippen molar-refractivity contribution in [3.8, 4) is 0 Å². The summed E-state index contributed by atoms with van der Waals surface area (Å²) in [6, 6.07) is 14.4. The summed E-state index contributed by atoms with van der Waals surface area (Å²) in [4.78, 5) is 24.2. The maximum Gasteiger partial charge on any atom is 0.338 e. The van der Waals surface area contributed by atoms with Crippen molar-refractivity contribution >= 4 is 23.3 Å². The smallest absolute Gasteiger partial charge is 0.338 e. The molecule has 7 heteroatoms. The SMILES string of the molecule is CCCCNc1ccc(C(=O)OCCOCCOC(=O)c2ccc(NCCCC)cc2)cc1. The number of hydrogen-bond acceptors (Lipinski definition) is 7. The lowest BCUT2D eigenvalue weighted by atomic mass is 10.2. The highest BCUT2D eigenvalue weighted by Gasteiger charge is 2.08. The van der Waals surface area contributed by atoms with Crippen molar-refractivity contribution in [3.05, 3.63) is 59.7 Å². The average molecular weight is 457 g/mol. The standard InChI is InChI=1S/C26H36N2O5/c1-3-5-15-27-23-11-7-21(8-12-23)25(29)32-19-17-31-18-20-33-26(30)22-9-13-24(14-10-22)28-16-6-4-2/h7-14,27-28H,3-6,15-20H2,1-2H3. The summed E-state index contributed by atoms with van der Waals surface area (Å²) < 4.78 is 15.8. The molecular weight excluding hydrogens is 420 g/mol. The van der Waals surface area contributed by atoms with Crippen molar-refractivity contribution in [2.45, 2.75) is 39.5 Å². The predicted molar refractivity (Wildman–Crippen MR) is 131 cm³/mol. The van der Waals surface area contributed by atoms with Gasteiger partial charge in [0, 0.05) is 24.5 Å². The van der Waals surface area contributed by atoms with E-state index >= 15 is 0 Å². The molecule has 0 atom stereocenters. The second kappa shape index (κ2) is 15.7. The van der Waals surface area contributed by atoms with Crippen LogP contribution in [0.1, 0.15) is 60.2 Å². The molecule has 0 heterocycles. The third kappa shape index (κ3) is 10.4. The first-order chi connectivity index (χ1) is 16.1. The fourth-order valence-electron chi connectivity index (χ4n) is 2.92.